The minimum atomic E-state index is -4.52. The Morgan fingerprint density at radius 2 is 1.86 bits per heavy atom. The van der Waals surface area contributed by atoms with E-state index in [0.717, 1.165) is 6.07 Å². The second kappa shape index (κ2) is 6.67. The van der Waals surface area contributed by atoms with Crippen LogP contribution in [0.25, 0.3) is 0 Å². The second-order valence-corrected chi connectivity index (χ2v) is 7.63. The zero-order valence-corrected chi connectivity index (χ0v) is 15.6. The highest BCUT2D eigenvalue weighted by Gasteiger charge is 2.45. The van der Waals surface area contributed by atoms with Crippen molar-refractivity contribution < 1.29 is 18.1 Å². The van der Waals surface area contributed by atoms with E-state index < -0.39 is 28.6 Å². The summed E-state index contributed by atoms with van der Waals surface area (Å²) in [6.45, 7) is 0. The Kier molecular flexibility index (Phi) is 4.55. The van der Waals surface area contributed by atoms with Crippen molar-refractivity contribution in [1.29, 1.82) is 0 Å². The lowest BCUT2D eigenvalue weighted by atomic mass is 9.75. The number of allylic oxidation sites excluding steroid dienone is 2. The predicted molar refractivity (Wildman–Crippen MR) is 101 cm³/mol. The van der Waals surface area contributed by atoms with Crippen molar-refractivity contribution in [2.45, 2.75) is 24.6 Å². The SMILES string of the molecule is O=[N+]([O-])c1ccc(Cl)c([C@@H]2Nc3c(Cl)ccc(C(F)(F)F)c3[C@H]3C=CC[C@H]32)c1. The molecule has 0 saturated heterocycles. The molecule has 3 atom stereocenters. The van der Waals surface area contributed by atoms with Crippen molar-refractivity contribution in [2.75, 3.05) is 5.32 Å². The summed E-state index contributed by atoms with van der Waals surface area (Å²) >= 11 is 12.5. The van der Waals surface area contributed by atoms with Crippen LogP contribution in [-0.2, 0) is 6.18 Å². The summed E-state index contributed by atoms with van der Waals surface area (Å²) in [6.07, 6.45) is -0.433. The van der Waals surface area contributed by atoms with Crippen LogP contribution in [0.4, 0.5) is 24.5 Å². The molecule has 0 saturated carbocycles. The van der Waals surface area contributed by atoms with E-state index in [9.17, 15) is 23.3 Å². The van der Waals surface area contributed by atoms with E-state index >= 15 is 0 Å². The van der Waals surface area contributed by atoms with Gasteiger partial charge in [0, 0.05) is 28.6 Å². The minimum absolute atomic E-state index is 0.108. The number of fused-ring (bicyclic) bond motifs is 3. The van der Waals surface area contributed by atoms with Gasteiger partial charge in [-0.05, 0) is 36.1 Å². The van der Waals surface area contributed by atoms with Crippen LogP contribution >= 0.6 is 23.2 Å². The number of non-ortho nitro benzene ring substituents is 1. The number of anilines is 1. The van der Waals surface area contributed by atoms with Crippen molar-refractivity contribution in [2.24, 2.45) is 5.92 Å². The van der Waals surface area contributed by atoms with Gasteiger partial charge in [0.1, 0.15) is 0 Å². The molecule has 0 aromatic heterocycles. The maximum Gasteiger partial charge on any atom is 0.416 e. The molecule has 4 rings (SSSR count). The maximum atomic E-state index is 13.6. The lowest BCUT2D eigenvalue weighted by Gasteiger charge is -2.39. The number of hydrogen-bond acceptors (Lipinski definition) is 3. The summed E-state index contributed by atoms with van der Waals surface area (Å²) in [4.78, 5) is 10.6. The van der Waals surface area contributed by atoms with Crippen molar-refractivity contribution in [3.63, 3.8) is 0 Å². The van der Waals surface area contributed by atoms with E-state index in [4.69, 9.17) is 23.2 Å². The molecule has 0 fully saturated rings. The molecule has 2 aromatic carbocycles. The van der Waals surface area contributed by atoms with E-state index in [1.54, 1.807) is 6.08 Å². The van der Waals surface area contributed by atoms with E-state index in [1.807, 2.05) is 6.08 Å². The quantitative estimate of drug-likeness (QED) is 0.327. The molecule has 9 heteroatoms. The number of nitro groups is 1. The molecule has 0 bridgehead atoms. The van der Waals surface area contributed by atoms with Gasteiger partial charge in [-0.1, -0.05) is 35.4 Å². The predicted octanol–water partition coefficient (Wildman–Crippen LogP) is 6.75. The van der Waals surface area contributed by atoms with Crippen LogP contribution in [0.5, 0.6) is 0 Å². The van der Waals surface area contributed by atoms with E-state index in [-0.39, 0.29) is 27.9 Å². The fourth-order valence-electron chi connectivity index (χ4n) is 4.11. The topological polar surface area (TPSA) is 55.2 Å². The number of nitrogens with zero attached hydrogens (tertiary/aromatic N) is 1. The van der Waals surface area contributed by atoms with Crippen molar-refractivity contribution in [1.82, 2.24) is 0 Å². The lowest BCUT2D eigenvalue weighted by molar-refractivity contribution is -0.384. The Hall–Kier alpha value is -2.25. The summed E-state index contributed by atoms with van der Waals surface area (Å²) < 4.78 is 40.8. The van der Waals surface area contributed by atoms with Gasteiger partial charge in [0.05, 0.1) is 27.2 Å². The zero-order chi connectivity index (χ0) is 20.2. The molecule has 2 aromatic rings. The van der Waals surface area contributed by atoms with Crippen molar-refractivity contribution in [3.8, 4) is 0 Å². The average molecular weight is 429 g/mol. The van der Waals surface area contributed by atoms with Crippen LogP contribution in [0.1, 0.15) is 35.1 Å². The molecule has 1 heterocycles. The Balaban J connectivity index is 1.89. The molecule has 0 amide bonds. The lowest BCUT2D eigenvalue weighted by Crippen LogP contribution is -2.31. The fraction of sp³-hybridized carbons (Fsp3) is 0.263. The van der Waals surface area contributed by atoms with Gasteiger partial charge in [0.15, 0.2) is 0 Å². The fourth-order valence-corrected chi connectivity index (χ4v) is 4.57. The third-order valence-electron chi connectivity index (χ3n) is 5.30. The standard InChI is InChI=1S/C19H13Cl2F3N2O2/c20-14-6-4-9(26(27)28)8-12(14)17-11-3-1-2-10(11)16-13(19(22,23)24)5-7-15(21)18(16)25-17/h1-2,4-8,10-11,17,25H,3H2/t10-,11+,17+/m0/s1. The molecular formula is C19H13Cl2F3N2O2. The third kappa shape index (κ3) is 3.02. The summed E-state index contributed by atoms with van der Waals surface area (Å²) in [5.41, 5.74) is -0.101. The minimum Gasteiger partial charge on any atom is -0.376 e. The Morgan fingerprint density at radius 1 is 1.14 bits per heavy atom. The van der Waals surface area contributed by atoms with Crippen molar-refractivity contribution >= 4 is 34.6 Å². The summed E-state index contributed by atoms with van der Waals surface area (Å²) in [7, 11) is 0. The molecule has 0 radical (unpaired) electrons. The van der Waals surface area contributed by atoms with E-state index in [0.29, 0.717) is 17.0 Å². The Labute approximate surface area is 168 Å². The van der Waals surface area contributed by atoms with Gasteiger partial charge in [-0.3, -0.25) is 10.1 Å². The normalized spacial score (nSPS) is 23.1. The molecule has 1 aliphatic heterocycles. The van der Waals surface area contributed by atoms with Gasteiger partial charge < -0.3 is 5.32 Å². The zero-order valence-electron chi connectivity index (χ0n) is 14.1. The van der Waals surface area contributed by atoms with Crippen LogP contribution < -0.4 is 5.32 Å². The molecule has 1 N–H and O–H groups in total. The first-order chi connectivity index (χ1) is 13.2. The first kappa shape index (κ1) is 19.1. The highest BCUT2D eigenvalue weighted by Crippen LogP contribution is 2.55. The first-order valence-corrected chi connectivity index (χ1v) is 9.20. The first-order valence-electron chi connectivity index (χ1n) is 8.45. The van der Waals surface area contributed by atoms with Gasteiger partial charge in [-0.25, -0.2) is 0 Å². The highest BCUT2D eigenvalue weighted by atomic mass is 35.5. The molecule has 2 aliphatic rings. The maximum absolute atomic E-state index is 13.6. The molecule has 4 nitrogen and oxygen atoms in total. The van der Waals surface area contributed by atoms with E-state index in [1.165, 1.54) is 24.3 Å². The van der Waals surface area contributed by atoms with Crippen LogP contribution in [0.2, 0.25) is 10.0 Å². The number of rotatable bonds is 2. The van der Waals surface area contributed by atoms with Gasteiger partial charge >= 0.3 is 6.18 Å². The average Bonchev–Trinajstić information content (AvgIpc) is 3.10. The Bertz CT molecular complexity index is 1010. The summed E-state index contributed by atoms with van der Waals surface area (Å²) in [5, 5.41) is 14.7. The summed E-state index contributed by atoms with van der Waals surface area (Å²) in [5.74, 6) is -0.793. The molecular weight excluding hydrogens is 416 g/mol. The van der Waals surface area contributed by atoms with Crippen molar-refractivity contribution in [3.05, 3.63) is 79.3 Å². The van der Waals surface area contributed by atoms with Crippen LogP contribution in [0.3, 0.4) is 0 Å². The van der Waals surface area contributed by atoms with Gasteiger partial charge in [0.25, 0.3) is 5.69 Å². The van der Waals surface area contributed by atoms with Crippen LogP contribution in [0, 0.1) is 16.0 Å². The number of alkyl halides is 3. The molecule has 28 heavy (non-hydrogen) atoms. The smallest absolute Gasteiger partial charge is 0.376 e. The monoisotopic (exact) mass is 428 g/mol. The van der Waals surface area contributed by atoms with Gasteiger partial charge in [0.2, 0.25) is 0 Å². The van der Waals surface area contributed by atoms with E-state index in [2.05, 4.69) is 5.32 Å². The number of benzene rings is 2. The summed E-state index contributed by atoms with van der Waals surface area (Å²) in [6, 6.07) is 5.77. The van der Waals surface area contributed by atoms with Gasteiger partial charge in [-0.2, -0.15) is 13.2 Å². The third-order valence-corrected chi connectivity index (χ3v) is 5.96. The van der Waals surface area contributed by atoms with Crippen LogP contribution in [-0.4, -0.2) is 4.92 Å². The second-order valence-electron chi connectivity index (χ2n) is 6.82. The number of hydrogen-bond donors (Lipinski definition) is 1. The molecule has 0 unspecified atom stereocenters. The Morgan fingerprint density at radius 3 is 2.54 bits per heavy atom. The van der Waals surface area contributed by atoms with Crippen LogP contribution in [0.15, 0.2) is 42.5 Å². The highest BCUT2D eigenvalue weighted by molar-refractivity contribution is 6.33. The largest absolute Gasteiger partial charge is 0.416 e. The molecule has 1 aliphatic carbocycles. The molecule has 0 spiro atoms. The number of halogens is 5. The number of nitro benzene ring substituents is 1. The molecule has 146 valence electrons. The van der Waals surface area contributed by atoms with Gasteiger partial charge in [-0.15, -0.1) is 0 Å². The number of nitrogens with one attached hydrogen (secondary N) is 1.